The Morgan fingerprint density at radius 1 is 1.00 bits per heavy atom. The zero-order chi connectivity index (χ0) is 36.7. The molecule has 0 spiro atoms. The monoisotopic (exact) mass is 729 g/mol. The summed E-state index contributed by atoms with van der Waals surface area (Å²) in [5, 5.41) is 30.1. The number of likely N-dealkylation sites (N-methyl/N-ethyl adjacent to an activating group) is 1. The highest BCUT2D eigenvalue weighted by Gasteiger charge is 2.58. The van der Waals surface area contributed by atoms with Crippen LogP contribution < -0.4 is 10.6 Å². The van der Waals surface area contributed by atoms with Gasteiger partial charge < -0.3 is 25.6 Å². The van der Waals surface area contributed by atoms with Gasteiger partial charge in [0.25, 0.3) is 0 Å². The van der Waals surface area contributed by atoms with Crippen LogP contribution in [0.2, 0.25) is 0 Å². The van der Waals surface area contributed by atoms with Crippen LogP contribution in [0.3, 0.4) is 0 Å². The van der Waals surface area contributed by atoms with Gasteiger partial charge in [-0.25, -0.2) is 0 Å². The molecule has 8 aliphatic rings. The molecule has 2 aliphatic heterocycles. The molecule has 8 fully saturated rings. The summed E-state index contributed by atoms with van der Waals surface area (Å²) < 4.78 is 6.94. The predicted molar refractivity (Wildman–Crippen MR) is 201 cm³/mol. The van der Waals surface area contributed by atoms with Gasteiger partial charge in [-0.15, -0.1) is 0 Å². The molecule has 2 heterocycles. The lowest BCUT2D eigenvalue weighted by atomic mass is 9.45. The molecule has 0 aromatic heterocycles. The van der Waals surface area contributed by atoms with Gasteiger partial charge in [0, 0.05) is 49.5 Å². The van der Waals surface area contributed by atoms with Crippen molar-refractivity contribution in [3.05, 3.63) is 0 Å². The van der Waals surface area contributed by atoms with Crippen molar-refractivity contribution in [2.75, 3.05) is 39.4 Å². The van der Waals surface area contributed by atoms with Crippen molar-refractivity contribution in [2.45, 2.75) is 155 Å². The van der Waals surface area contributed by atoms with Gasteiger partial charge in [0.15, 0.2) is 0 Å². The topological polar surface area (TPSA) is 124 Å². The van der Waals surface area contributed by atoms with Gasteiger partial charge in [-0.1, -0.05) is 47.0 Å². The van der Waals surface area contributed by atoms with Crippen LogP contribution in [0.4, 0.5) is 0 Å². The molecule has 14 atom stereocenters. The Balaban J connectivity index is 1.04. The molecule has 6 aliphatic carbocycles. The molecule has 5 unspecified atom stereocenters. The lowest BCUT2D eigenvalue weighted by Gasteiger charge is -2.62. The van der Waals surface area contributed by atoms with Crippen molar-refractivity contribution in [3.63, 3.8) is 0 Å². The molecule has 52 heavy (non-hydrogen) atoms. The minimum atomic E-state index is -0.806. The standard InChI is InChI=1S/C42H72N4O6/c1-6-45-17-9-13-32(45)21-43-40(49)29-11-7-10-28(18-29)33-14-8-12-30(39(33)51-24-27-15-16-27)22-46-38(37(26(3)48)36(23-47)52-46)41(50)44-35-20-31-19-34(25(35)2)42(31,4)5/h25-39,47-48H,6-24H2,1-5H3,(H,43,49)(H,44,50)/t25-,26-,28?,29?,30?,31+,32-,33?,34-,35-,36-,37+,38-,39?/m0/s1. The molecule has 4 N–H and O–H groups in total. The Labute approximate surface area is 313 Å². The van der Waals surface area contributed by atoms with E-state index < -0.39 is 24.2 Å². The van der Waals surface area contributed by atoms with E-state index in [1.165, 1.54) is 32.1 Å². The number of aliphatic hydroxyl groups excluding tert-OH is 2. The molecule has 296 valence electrons. The molecule has 2 bridgehead atoms. The van der Waals surface area contributed by atoms with Crippen molar-refractivity contribution in [3.8, 4) is 0 Å². The third-order valence-corrected chi connectivity index (χ3v) is 15.8. The molecule has 10 heteroatoms. The van der Waals surface area contributed by atoms with Crippen LogP contribution in [-0.4, -0.2) is 108 Å². The van der Waals surface area contributed by atoms with E-state index in [-0.39, 0.29) is 42.4 Å². The molecule has 10 nitrogen and oxygen atoms in total. The fraction of sp³-hybridized carbons (Fsp3) is 0.952. The van der Waals surface area contributed by atoms with Crippen molar-refractivity contribution < 1.29 is 29.4 Å². The van der Waals surface area contributed by atoms with Crippen LogP contribution in [0.1, 0.15) is 118 Å². The van der Waals surface area contributed by atoms with E-state index in [1.807, 2.05) is 5.06 Å². The Kier molecular flexibility index (Phi) is 12.3. The maximum absolute atomic E-state index is 14.4. The van der Waals surface area contributed by atoms with Crippen LogP contribution >= 0.6 is 0 Å². The van der Waals surface area contributed by atoms with E-state index in [0.29, 0.717) is 53.5 Å². The maximum Gasteiger partial charge on any atom is 0.240 e. The van der Waals surface area contributed by atoms with Gasteiger partial charge in [0.1, 0.15) is 12.1 Å². The lowest BCUT2D eigenvalue weighted by molar-refractivity contribution is -0.195. The van der Waals surface area contributed by atoms with Gasteiger partial charge in [0.05, 0.1) is 18.8 Å². The van der Waals surface area contributed by atoms with E-state index in [0.717, 1.165) is 77.6 Å². The molecule has 2 amide bonds. The fourth-order valence-electron chi connectivity index (χ4n) is 12.3. The predicted octanol–water partition coefficient (Wildman–Crippen LogP) is 4.77. The van der Waals surface area contributed by atoms with Crippen LogP contribution in [0.5, 0.6) is 0 Å². The number of hydrogen-bond acceptors (Lipinski definition) is 8. The largest absolute Gasteiger partial charge is 0.394 e. The summed E-state index contributed by atoms with van der Waals surface area (Å²) in [6.07, 6.45) is 13.0. The van der Waals surface area contributed by atoms with Crippen molar-refractivity contribution >= 4 is 11.8 Å². The number of carbonyl (C=O) groups excluding carboxylic acids is 2. The van der Waals surface area contributed by atoms with E-state index in [2.05, 4.69) is 43.2 Å². The number of rotatable bonds is 14. The second-order valence-electron chi connectivity index (χ2n) is 19.1. The number of ether oxygens (including phenoxy) is 1. The number of carbonyl (C=O) groups is 2. The maximum atomic E-state index is 14.4. The minimum absolute atomic E-state index is 0.0379. The van der Waals surface area contributed by atoms with E-state index in [4.69, 9.17) is 9.57 Å². The highest BCUT2D eigenvalue weighted by Crippen LogP contribution is 2.61. The molecule has 0 aromatic rings. The molecule has 0 radical (unpaired) electrons. The second-order valence-corrected chi connectivity index (χ2v) is 19.1. The summed E-state index contributed by atoms with van der Waals surface area (Å²) in [5.41, 5.74) is 0.328. The number of hydroxylamine groups is 2. The van der Waals surface area contributed by atoms with E-state index in [1.54, 1.807) is 6.92 Å². The average molecular weight is 729 g/mol. The summed E-state index contributed by atoms with van der Waals surface area (Å²) in [7, 11) is 0. The summed E-state index contributed by atoms with van der Waals surface area (Å²) in [4.78, 5) is 36.9. The minimum Gasteiger partial charge on any atom is -0.394 e. The third-order valence-electron chi connectivity index (χ3n) is 15.8. The normalized spacial score (nSPS) is 42.8. The van der Waals surface area contributed by atoms with Crippen LogP contribution in [0, 0.1) is 58.7 Å². The number of nitrogens with zero attached hydrogens (tertiary/aromatic N) is 2. The average Bonchev–Trinajstić information content (AvgIpc) is 3.72. The van der Waals surface area contributed by atoms with Crippen LogP contribution in [0.25, 0.3) is 0 Å². The number of amides is 2. The number of aliphatic hydroxyl groups is 2. The molecule has 0 aromatic carbocycles. The number of hydrogen-bond donors (Lipinski definition) is 4. The Morgan fingerprint density at radius 2 is 1.79 bits per heavy atom. The second kappa shape index (κ2) is 16.4. The van der Waals surface area contributed by atoms with E-state index >= 15 is 0 Å². The van der Waals surface area contributed by atoms with Crippen molar-refractivity contribution in [2.24, 2.45) is 58.7 Å². The van der Waals surface area contributed by atoms with Gasteiger partial charge >= 0.3 is 0 Å². The third kappa shape index (κ3) is 8.00. The molecular formula is C42H72N4O6. The zero-order valence-electron chi connectivity index (χ0n) is 33.0. The molecular weight excluding hydrogens is 656 g/mol. The molecule has 8 rings (SSSR count). The molecule has 6 saturated carbocycles. The van der Waals surface area contributed by atoms with Gasteiger partial charge in [-0.3, -0.25) is 19.3 Å². The zero-order valence-corrected chi connectivity index (χ0v) is 33.0. The highest BCUT2D eigenvalue weighted by molar-refractivity contribution is 5.83. The summed E-state index contributed by atoms with van der Waals surface area (Å²) >= 11 is 0. The first-order valence-corrected chi connectivity index (χ1v) is 21.7. The Morgan fingerprint density at radius 3 is 2.48 bits per heavy atom. The number of likely N-dealkylation sites (tertiary alicyclic amines) is 1. The first-order valence-electron chi connectivity index (χ1n) is 21.7. The SMILES string of the molecule is CCN1CCC[C@H]1CNC(=O)C1CCCC(C2CCCC(CN3O[C@@H](CO)[C@@H]([C@H](C)O)[C@H]3C(=O)N[C@H]3C[C@H]4C[C@@H]([C@@H]3C)C4(C)C)C2OCC2CC2)C1. The lowest BCUT2D eigenvalue weighted by Crippen LogP contribution is -2.62. The fourth-order valence-corrected chi connectivity index (χ4v) is 12.3. The van der Waals surface area contributed by atoms with E-state index in [9.17, 15) is 19.8 Å². The van der Waals surface area contributed by atoms with Crippen molar-refractivity contribution in [1.82, 2.24) is 20.6 Å². The van der Waals surface area contributed by atoms with Crippen LogP contribution in [-0.2, 0) is 19.2 Å². The number of fused-ring (bicyclic) bond motifs is 2. The molecule has 2 saturated heterocycles. The smallest absolute Gasteiger partial charge is 0.240 e. The van der Waals surface area contributed by atoms with Gasteiger partial charge in [-0.2, -0.15) is 5.06 Å². The van der Waals surface area contributed by atoms with Gasteiger partial charge in [0.2, 0.25) is 11.8 Å². The Hall–Kier alpha value is -1.30. The number of nitrogens with one attached hydrogen (secondary N) is 2. The van der Waals surface area contributed by atoms with Crippen molar-refractivity contribution in [1.29, 1.82) is 0 Å². The summed E-state index contributed by atoms with van der Waals surface area (Å²) in [6.45, 7) is 15.0. The quantitative estimate of drug-likeness (QED) is 0.202. The summed E-state index contributed by atoms with van der Waals surface area (Å²) in [5.74, 6) is 2.94. The first kappa shape index (κ1) is 39.0. The van der Waals surface area contributed by atoms with Gasteiger partial charge in [-0.05, 0) is 125 Å². The first-order chi connectivity index (χ1) is 25.0. The summed E-state index contributed by atoms with van der Waals surface area (Å²) in [6, 6.07) is -0.0943. The highest BCUT2D eigenvalue weighted by atomic mass is 16.7. The van der Waals surface area contributed by atoms with Crippen LogP contribution in [0.15, 0.2) is 0 Å². The Bertz CT molecular complexity index is 1230.